The van der Waals surface area contributed by atoms with Crippen LogP contribution in [0.15, 0.2) is 12.7 Å². The van der Waals surface area contributed by atoms with Crippen molar-refractivity contribution in [1.82, 2.24) is 0 Å². The second-order valence-electron chi connectivity index (χ2n) is 6.50. The number of rotatable bonds is 9. The lowest BCUT2D eigenvalue weighted by Gasteiger charge is -2.24. The van der Waals surface area contributed by atoms with Gasteiger partial charge in [0.05, 0.1) is 0 Å². The molecule has 0 nitrogen and oxygen atoms in total. The lowest BCUT2D eigenvalue weighted by Crippen LogP contribution is -2.13. The first kappa shape index (κ1) is 16.7. The van der Waals surface area contributed by atoms with Gasteiger partial charge in [-0.05, 0) is 48.9 Å². The molecule has 0 aliphatic carbocycles. The molecule has 0 heterocycles. The predicted molar refractivity (Wildman–Crippen MR) is 80.2 cm³/mol. The van der Waals surface area contributed by atoms with Crippen LogP contribution in [0.1, 0.15) is 67.2 Å². The number of allylic oxidation sites excluding steroid dienone is 1. The quantitative estimate of drug-likeness (QED) is 0.436. The van der Waals surface area contributed by atoms with Gasteiger partial charge in [0.2, 0.25) is 0 Å². The SMILES string of the molecule is C=CC(C)C(C)CC(C)CC(C)CC(C)CC. The molecule has 17 heavy (non-hydrogen) atoms. The molecule has 5 unspecified atom stereocenters. The van der Waals surface area contributed by atoms with Gasteiger partial charge in [0.25, 0.3) is 0 Å². The van der Waals surface area contributed by atoms with E-state index in [-0.39, 0.29) is 0 Å². The molecule has 0 saturated heterocycles. The fourth-order valence-electron chi connectivity index (χ4n) is 2.81. The Morgan fingerprint density at radius 1 is 0.824 bits per heavy atom. The molecule has 0 aromatic heterocycles. The number of hydrogen-bond acceptors (Lipinski definition) is 0. The molecule has 0 N–H and O–H groups in total. The highest BCUT2D eigenvalue weighted by molar-refractivity contribution is 4.80. The van der Waals surface area contributed by atoms with E-state index in [0.717, 1.165) is 23.7 Å². The van der Waals surface area contributed by atoms with Crippen molar-refractivity contribution in [3.05, 3.63) is 12.7 Å². The normalized spacial score (nSPS) is 20.4. The first-order chi connectivity index (χ1) is 7.90. The highest BCUT2D eigenvalue weighted by Gasteiger charge is 2.16. The van der Waals surface area contributed by atoms with Crippen LogP contribution in [0.4, 0.5) is 0 Å². The molecule has 0 heteroatoms. The van der Waals surface area contributed by atoms with E-state index in [1.54, 1.807) is 0 Å². The van der Waals surface area contributed by atoms with Crippen molar-refractivity contribution >= 4 is 0 Å². The van der Waals surface area contributed by atoms with E-state index in [9.17, 15) is 0 Å². The third-order valence-corrected chi connectivity index (χ3v) is 4.35. The lowest BCUT2D eigenvalue weighted by molar-refractivity contribution is 0.285. The zero-order valence-electron chi connectivity index (χ0n) is 13.0. The molecule has 0 aliphatic rings. The Hall–Kier alpha value is -0.260. The van der Waals surface area contributed by atoms with Gasteiger partial charge in [-0.3, -0.25) is 0 Å². The Labute approximate surface area is 110 Å². The zero-order valence-corrected chi connectivity index (χ0v) is 13.0. The van der Waals surface area contributed by atoms with Gasteiger partial charge in [0.15, 0.2) is 0 Å². The summed E-state index contributed by atoms with van der Waals surface area (Å²) in [4.78, 5) is 0. The van der Waals surface area contributed by atoms with Crippen LogP contribution in [0, 0.1) is 29.6 Å². The van der Waals surface area contributed by atoms with Gasteiger partial charge in [-0.25, -0.2) is 0 Å². The van der Waals surface area contributed by atoms with Crippen LogP contribution >= 0.6 is 0 Å². The van der Waals surface area contributed by atoms with Gasteiger partial charge >= 0.3 is 0 Å². The molecule has 0 saturated carbocycles. The molecule has 0 bridgehead atoms. The minimum Gasteiger partial charge on any atom is -0.103 e. The summed E-state index contributed by atoms with van der Waals surface area (Å²) in [5, 5.41) is 0. The van der Waals surface area contributed by atoms with E-state index >= 15 is 0 Å². The molecular formula is C17H34. The summed E-state index contributed by atoms with van der Waals surface area (Å²) < 4.78 is 0. The summed E-state index contributed by atoms with van der Waals surface area (Å²) in [5.41, 5.74) is 0. The molecule has 0 fully saturated rings. The molecule has 102 valence electrons. The maximum Gasteiger partial charge on any atom is -0.0239 e. The topological polar surface area (TPSA) is 0 Å². The Morgan fingerprint density at radius 3 is 1.76 bits per heavy atom. The van der Waals surface area contributed by atoms with Crippen LogP contribution in [0.25, 0.3) is 0 Å². The van der Waals surface area contributed by atoms with Crippen LogP contribution < -0.4 is 0 Å². The van der Waals surface area contributed by atoms with Crippen LogP contribution in [0.5, 0.6) is 0 Å². The molecule has 5 atom stereocenters. The van der Waals surface area contributed by atoms with Gasteiger partial charge in [0.1, 0.15) is 0 Å². The summed E-state index contributed by atoms with van der Waals surface area (Å²) in [6.07, 6.45) is 7.55. The van der Waals surface area contributed by atoms with Crippen molar-refractivity contribution in [3.8, 4) is 0 Å². The molecule has 0 spiro atoms. The molecular weight excluding hydrogens is 204 g/mol. The Morgan fingerprint density at radius 2 is 1.29 bits per heavy atom. The van der Waals surface area contributed by atoms with Crippen molar-refractivity contribution in [1.29, 1.82) is 0 Å². The fourth-order valence-corrected chi connectivity index (χ4v) is 2.81. The van der Waals surface area contributed by atoms with Crippen molar-refractivity contribution < 1.29 is 0 Å². The Bertz CT molecular complexity index is 194. The average molecular weight is 238 g/mol. The summed E-state index contributed by atoms with van der Waals surface area (Å²) in [7, 11) is 0. The van der Waals surface area contributed by atoms with Gasteiger partial charge in [0, 0.05) is 0 Å². The van der Waals surface area contributed by atoms with Gasteiger partial charge in [-0.2, -0.15) is 0 Å². The van der Waals surface area contributed by atoms with Crippen molar-refractivity contribution in [2.45, 2.75) is 67.2 Å². The Kier molecular flexibility index (Phi) is 8.64. The summed E-state index contributed by atoms with van der Waals surface area (Å²) in [6.45, 7) is 18.1. The maximum atomic E-state index is 3.90. The first-order valence-electron chi connectivity index (χ1n) is 7.53. The third-order valence-electron chi connectivity index (χ3n) is 4.35. The second kappa shape index (κ2) is 8.78. The van der Waals surface area contributed by atoms with Crippen LogP contribution in [0.3, 0.4) is 0 Å². The van der Waals surface area contributed by atoms with Crippen molar-refractivity contribution in [2.75, 3.05) is 0 Å². The maximum absolute atomic E-state index is 3.90. The van der Waals surface area contributed by atoms with E-state index in [1.807, 2.05) is 0 Å². The predicted octanol–water partition coefficient (Wildman–Crippen LogP) is 5.93. The highest BCUT2D eigenvalue weighted by atomic mass is 14.2. The molecule has 0 radical (unpaired) electrons. The number of hydrogen-bond donors (Lipinski definition) is 0. The van der Waals surface area contributed by atoms with Gasteiger partial charge in [-0.15, -0.1) is 6.58 Å². The van der Waals surface area contributed by atoms with Crippen molar-refractivity contribution in [3.63, 3.8) is 0 Å². The standard InChI is InChI=1S/C17H34/c1-8-13(3)10-14(4)11-15(5)12-17(7)16(6)9-2/h9,13-17H,2,8,10-12H2,1,3-7H3. The van der Waals surface area contributed by atoms with Gasteiger partial charge < -0.3 is 0 Å². The van der Waals surface area contributed by atoms with Crippen LogP contribution in [-0.4, -0.2) is 0 Å². The van der Waals surface area contributed by atoms with Crippen LogP contribution in [-0.2, 0) is 0 Å². The molecule has 0 aromatic carbocycles. The molecule has 0 amide bonds. The minimum atomic E-state index is 0.655. The minimum absolute atomic E-state index is 0.655. The summed E-state index contributed by atoms with van der Waals surface area (Å²) in [6, 6.07) is 0. The van der Waals surface area contributed by atoms with Crippen molar-refractivity contribution in [2.24, 2.45) is 29.6 Å². The molecule has 0 aliphatic heterocycles. The average Bonchev–Trinajstić information content (AvgIpc) is 2.26. The fraction of sp³-hybridized carbons (Fsp3) is 0.882. The van der Waals surface area contributed by atoms with E-state index in [2.05, 4.69) is 54.2 Å². The van der Waals surface area contributed by atoms with E-state index < -0.39 is 0 Å². The smallest absolute Gasteiger partial charge is 0.0239 e. The molecule has 0 aromatic rings. The second-order valence-corrected chi connectivity index (χ2v) is 6.50. The lowest BCUT2D eigenvalue weighted by atomic mass is 9.82. The highest BCUT2D eigenvalue weighted by Crippen LogP contribution is 2.27. The van der Waals surface area contributed by atoms with E-state index in [0.29, 0.717) is 5.92 Å². The largest absolute Gasteiger partial charge is 0.103 e. The summed E-state index contributed by atoms with van der Waals surface area (Å²) in [5.74, 6) is 4.06. The summed E-state index contributed by atoms with van der Waals surface area (Å²) >= 11 is 0. The first-order valence-corrected chi connectivity index (χ1v) is 7.53. The Balaban J connectivity index is 3.92. The van der Waals surface area contributed by atoms with Crippen LogP contribution in [0.2, 0.25) is 0 Å². The van der Waals surface area contributed by atoms with Gasteiger partial charge in [-0.1, -0.05) is 54.0 Å². The molecule has 0 rings (SSSR count). The monoisotopic (exact) mass is 238 g/mol. The van der Waals surface area contributed by atoms with E-state index in [4.69, 9.17) is 0 Å². The third kappa shape index (κ3) is 7.63. The van der Waals surface area contributed by atoms with E-state index in [1.165, 1.54) is 25.7 Å². The zero-order chi connectivity index (χ0) is 13.4.